The summed E-state index contributed by atoms with van der Waals surface area (Å²) in [4.78, 5) is 43.3. The first-order valence-corrected chi connectivity index (χ1v) is 16.0. The number of hydrogen-bond acceptors (Lipinski definition) is 7. The molecule has 1 aliphatic rings. The summed E-state index contributed by atoms with van der Waals surface area (Å²) in [6.45, 7) is 2.29. The highest BCUT2D eigenvalue weighted by Crippen LogP contribution is 2.34. The molecule has 1 saturated carbocycles. The monoisotopic (exact) mass is 625 g/mol. The highest BCUT2D eigenvalue weighted by molar-refractivity contribution is 7.09. The van der Waals surface area contributed by atoms with E-state index in [1.54, 1.807) is 37.4 Å². The van der Waals surface area contributed by atoms with Crippen LogP contribution >= 0.6 is 11.5 Å². The highest BCUT2D eigenvalue weighted by Gasteiger charge is 2.36. The van der Waals surface area contributed by atoms with E-state index >= 15 is 0 Å². The van der Waals surface area contributed by atoms with Gasteiger partial charge in [-0.1, -0.05) is 73.9 Å². The van der Waals surface area contributed by atoms with Crippen LogP contribution in [0.4, 0.5) is 11.4 Å². The van der Waals surface area contributed by atoms with Gasteiger partial charge in [0.05, 0.1) is 12.8 Å². The summed E-state index contributed by atoms with van der Waals surface area (Å²) in [6.07, 6.45) is 5.73. The van der Waals surface area contributed by atoms with Gasteiger partial charge in [-0.2, -0.15) is 4.37 Å². The van der Waals surface area contributed by atoms with Crippen LogP contribution < -0.4 is 26.0 Å². The van der Waals surface area contributed by atoms with Crippen molar-refractivity contribution in [2.45, 2.75) is 57.5 Å². The standard InChI is InChI=1S/C35H39N5O4S/c1-23-10-9-15-27(22-23)40(35(43)32-29(36)30(39-45-32)33(41)38-26-13-7-4-8-14-26)31(25-16-18-28(44-2)19-17-25)34(42)37-21-20-24-11-5-3-6-12-24/h3,5-6,9-12,15-19,22,26,31H,4,7-8,13-14,20-21,36H2,1-2H3,(H,37,42)(H,38,41)/t31-/m1/s1. The van der Waals surface area contributed by atoms with E-state index in [4.69, 9.17) is 10.5 Å². The zero-order chi connectivity index (χ0) is 31.8. The molecule has 0 unspecified atom stereocenters. The lowest BCUT2D eigenvalue weighted by Gasteiger charge is -2.31. The molecule has 4 aromatic rings. The number of aryl methyl sites for hydroxylation is 1. The maximum Gasteiger partial charge on any atom is 0.273 e. The average Bonchev–Trinajstić information content (AvgIpc) is 3.45. The van der Waals surface area contributed by atoms with Crippen molar-refractivity contribution in [1.29, 1.82) is 0 Å². The Morgan fingerprint density at radius 1 is 1.00 bits per heavy atom. The second-order valence-electron chi connectivity index (χ2n) is 11.3. The minimum absolute atomic E-state index is 0.00827. The zero-order valence-electron chi connectivity index (χ0n) is 25.6. The second-order valence-corrected chi connectivity index (χ2v) is 12.1. The average molecular weight is 626 g/mol. The molecule has 1 atom stereocenters. The number of anilines is 2. The van der Waals surface area contributed by atoms with Crippen LogP contribution in [-0.2, 0) is 11.2 Å². The molecule has 5 rings (SSSR count). The Labute approximate surface area is 268 Å². The molecule has 1 fully saturated rings. The first-order chi connectivity index (χ1) is 21.9. The molecule has 1 heterocycles. The van der Waals surface area contributed by atoms with Crippen molar-refractivity contribution >= 4 is 40.6 Å². The molecular formula is C35H39N5O4S. The number of carbonyl (C=O) groups is 3. The van der Waals surface area contributed by atoms with E-state index in [-0.39, 0.29) is 34.1 Å². The Morgan fingerprint density at radius 3 is 2.42 bits per heavy atom. The number of benzene rings is 3. The predicted octanol–water partition coefficient (Wildman–Crippen LogP) is 5.85. The normalized spacial score (nSPS) is 13.9. The van der Waals surface area contributed by atoms with E-state index in [9.17, 15) is 14.4 Å². The SMILES string of the molecule is COc1ccc([C@H](C(=O)NCCc2ccccc2)N(C(=O)c2snc(C(=O)NC3CCCCC3)c2N)c2cccc(C)c2)cc1. The fourth-order valence-electron chi connectivity index (χ4n) is 5.66. The molecule has 0 aliphatic heterocycles. The molecule has 45 heavy (non-hydrogen) atoms. The molecule has 3 amide bonds. The van der Waals surface area contributed by atoms with E-state index in [2.05, 4.69) is 15.0 Å². The Balaban J connectivity index is 1.50. The van der Waals surface area contributed by atoms with Gasteiger partial charge in [-0.25, -0.2) is 0 Å². The second kappa shape index (κ2) is 14.9. The number of rotatable bonds is 11. The molecule has 0 saturated heterocycles. The molecular weight excluding hydrogens is 586 g/mol. The summed E-state index contributed by atoms with van der Waals surface area (Å²) in [6, 6.07) is 23.3. The summed E-state index contributed by atoms with van der Waals surface area (Å²) in [7, 11) is 1.57. The number of hydrogen-bond donors (Lipinski definition) is 3. The quantitative estimate of drug-likeness (QED) is 0.192. The van der Waals surface area contributed by atoms with Gasteiger partial charge in [0.1, 0.15) is 16.7 Å². The summed E-state index contributed by atoms with van der Waals surface area (Å²) >= 11 is 0.869. The van der Waals surface area contributed by atoms with Crippen LogP contribution in [0.25, 0.3) is 0 Å². The third-order valence-electron chi connectivity index (χ3n) is 8.07. The lowest BCUT2D eigenvalue weighted by molar-refractivity contribution is -0.122. The van der Waals surface area contributed by atoms with Crippen LogP contribution in [0.3, 0.4) is 0 Å². The molecule has 1 aliphatic carbocycles. The van der Waals surface area contributed by atoms with Crippen molar-refractivity contribution in [2.24, 2.45) is 0 Å². The van der Waals surface area contributed by atoms with E-state index in [0.717, 1.165) is 54.8 Å². The van der Waals surface area contributed by atoms with Gasteiger partial charge >= 0.3 is 0 Å². The van der Waals surface area contributed by atoms with Gasteiger partial charge in [-0.15, -0.1) is 0 Å². The van der Waals surface area contributed by atoms with E-state index in [1.807, 2.05) is 55.5 Å². The largest absolute Gasteiger partial charge is 0.497 e. The van der Waals surface area contributed by atoms with E-state index < -0.39 is 11.9 Å². The minimum atomic E-state index is -1.05. The smallest absolute Gasteiger partial charge is 0.273 e. The number of ether oxygens (including phenoxy) is 1. The number of aromatic nitrogens is 1. The van der Waals surface area contributed by atoms with Crippen molar-refractivity contribution in [2.75, 3.05) is 24.3 Å². The number of nitrogens with one attached hydrogen (secondary N) is 2. The lowest BCUT2D eigenvalue weighted by atomic mass is 9.95. The predicted molar refractivity (Wildman–Crippen MR) is 178 cm³/mol. The molecule has 0 bridgehead atoms. The number of carbonyl (C=O) groups excluding carboxylic acids is 3. The van der Waals surface area contributed by atoms with Gasteiger partial charge in [0.25, 0.3) is 11.8 Å². The highest BCUT2D eigenvalue weighted by atomic mass is 32.1. The summed E-state index contributed by atoms with van der Waals surface area (Å²) in [5.74, 6) is -0.645. The molecule has 0 spiro atoms. The fourth-order valence-corrected chi connectivity index (χ4v) is 6.40. The summed E-state index contributed by atoms with van der Waals surface area (Å²) in [5.41, 5.74) is 9.61. The van der Waals surface area contributed by atoms with E-state index in [1.165, 1.54) is 4.90 Å². The number of nitrogen functional groups attached to an aromatic ring is 1. The molecule has 10 heteroatoms. The Morgan fingerprint density at radius 2 is 1.73 bits per heavy atom. The summed E-state index contributed by atoms with van der Waals surface area (Å²) < 4.78 is 9.67. The van der Waals surface area contributed by atoms with Crippen LogP contribution in [0, 0.1) is 6.92 Å². The van der Waals surface area contributed by atoms with Crippen LogP contribution in [0.5, 0.6) is 5.75 Å². The number of methoxy groups -OCH3 is 1. The van der Waals surface area contributed by atoms with Gasteiger partial charge in [0.2, 0.25) is 5.91 Å². The third kappa shape index (κ3) is 7.69. The van der Waals surface area contributed by atoms with Gasteiger partial charge < -0.3 is 21.1 Å². The maximum atomic E-state index is 14.5. The third-order valence-corrected chi connectivity index (χ3v) is 8.92. The maximum absolute atomic E-state index is 14.5. The minimum Gasteiger partial charge on any atom is -0.497 e. The van der Waals surface area contributed by atoms with Gasteiger partial charge in [0.15, 0.2) is 5.69 Å². The topological polar surface area (TPSA) is 127 Å². The Kier molecular flexibility index (Phi) is 10.5. The van der Waals surface area contributed by atoms with Crippen molar-refractivity contribution in [3.05, 3.63) is 106 Å². The molecule has 234 valence electrons. The summed E-state index contributed by atoms with van der Waals surface area (Å²) in [5, 5.41) is 6.08. The molecule has 1 aromatic heterocycles. The van der Waals surface area contributed by atoms with Crippen LogP contribution in [0.15, 0.2) is 78.9 Å². The molecule has 3 aromatic carbocycles. The van der Waals surface area contributed by atoms with Crippen molar-refractivity contribution in [1.82, 2.24) is 15.0 Å². The van der Waals surface area contributed by atoms with E-state index in [0.29, 0.717) is 30.0 Å². The van der Waals surface area contributed by atoms with Crippen molar-refractivity contribution in [3.8, 4) is 5.75 Å². The van der Waals surface area contributed by atoms with Gasteiger partial charge in [-0.05, 0) is 78.7 Å². The zero-order valence-corrected chi connectivity index (χ0v) is 26.4. The number of nitrogens with two attached hydrogens (primary N) is 1. The Bertz CT molecular complexity index is 1620. The fraction of sp³-hybridized carbons (Fsp3) is 0.314. The number of nitrogens with zero attached hydrogens (tertiary/aromatic N) is 2. The Hall–Kier alpha value is -4.70. The molecule has 4 N–H and O–H groups in total. The van der Waals surface area contributed by atoms with Gasteiger partial charge in [-0.3, -0.25) is 19.3 Å². The van der Waals surface area contributed by atoms with Crippen LogP contribution in [0.1, 0.15) is 75.0 Å². The first kappa shape index (κ1) is 31.7. The molecule has 9 nitrogen and oxygen atoms in total. The lowest BCUT2D eigenvalue weighted by Crippen LogP contribution is -2.44. The van der Waals surface area contributed by atoms with Crippen LogP contribution in [0.2, 0.25) is 0 Å². The van der Waals surface area contributed by atoms with Crippen molar-refractivity contribution in [3.63, 3.8) is 0 Å². The van der Waals surface area contributed by atoms with Crippen LogP contribution in [-0.4, -0.2) is 41.8 Å². The molecule has 0 radical (unpaired) electrons. The van der Waals surface area contributed by atoms with Crippen molar-refractivity contribution < 1.29 is 19.1 Å². The first-order valence-electron chi connectivity index (χ1n) is 15.3. The number of amides is 3. The van der Waals surface area contributed by atoms with Gasteiger partial charge in [0, 0.05) is 18.3 Å².